The summed E-state index contributed by atoms with van der Waals surface area (Å²) < 4.78 is 0. The second kappa shape index (κ2) is 7.22. The number of benzene rings is 2. The molecule has 1 atom stereocenters. The van der Waals surface area contributed by atoms with E-state index in [1.54, 1.807) is 0 Å². The normalized spacial score (nSPS) is 20.2. The highest BCUT2D eigenvalue weighted by molar-refractivity contribution is 6.32. The summed E-state index contributed by atoms with van der Waals surface area (Å²) in [5.41, 5.74) is 1.39. The lowest BCUT2D eigenvalue weighted by atomic mass is 9.76. The number of fused-ring (bicyclic) bond motifs is 2. The Balaban J connectivity index is 1.53. The van der Waals surface area contributed by atoms with Crippen LogP contribution in [0.5, 0.6) is 0 Å². The predicted molar refractivity (Wildman–Crippen MR) is 106 cm³/mol. The predicted octanol–water partition coefficient (Wildman–Crippen LogP) is 2.93. The molecule has 1 saturated heterocycles. The van der Waals surface area contributed by atoms with E-state index < -0.39 is 29.9 Å². The molecule has 4 rings (SSSR count). The van der Waals surface area contributed by atoms with Gasteiger partial charge in [-0.3, -0.25) is 14.5 Å². The van der Waals surface area contributed by atoms with E-state index in [4.69, 9.17) is 16.9 Å². The first-order chi connectivity index (χ1) is 13.9. The average Bonchev–Trinajstić information content (AvgIpc) is 2.93. The monoisotopic (exact) mass is 408 g/mol. The number of nitriles is 1. The molecule has 2 N–H and O–H groups in total. The third-order valence-corrected chi connectivity index (χ3v) is 5.64. The fourth-order valence-corrected chi connectivity index (χ4v) is 4.21. The first-order valence-electron chi connectivity index (χ1n) is 9.16. The molecule has 0 saturated carbocycles. The molecule has 7 nitrogen and oxygen atoms in total. The summed E-state index contributed by atoms with van der Waals surface area (Å²) in [6.07, 6.45) is 2.12. The zero-order chi connectivity index (χ0) is 20.6. The molecule has 1 spiro atoms. The quantitative estimate of drug-likeness (QED) is 0.762. The van der Waals surface area contributed by atoms with Crippen molar-refractivity contribution in [2.24, 2.45) is 0 Å². The number of hydrogen-bond donors (Lipinski definition) is 2. The van der Waals surface area contributed by atoms with E-state index in [-0.39, 0.29) is 10.6 Å². The Morgan fingerprint density at radius 1 is 1.28 bits per heavy atom. The minimum Gasteiger partial charge on any atom is -0.324 e. The molecule has 1 fully saturated rings. The van der Waals surface area contributed by atoms with Gasteiger partial charge < -0.3 is 10.6 Å². The smallest absolute Gasteiger partial charge is 0.324 e. The number of imide groups is 1. The molecule has 2 aliphatic rings. The maximum atomic E-state index is 13.2. The van der Waals surface area contributed by atoms with Gasteiger partial charge in [-0.25, -0.2) is 4.79 Å². The minimum absolute atomic E-state index is 0.207. The van der Waals surface area contributed by atoms with Crippen molar-refractivity contribution >= 4 is 35.1 Å². The lowest BCUT2D eigenvalue weighted by Crippen LogP contribution is -2.47. The fraction of sp³-hybridized carbons (Fsp3) is 0.238. The average molecular weight is 409 g/mol. The Morgan fingerprint density at radius 2 is 2.07 bits per heavy atom. The van der Waals surface area contributed by atoms with Crippen molar-refractivity contribution in [3.8, 4) is 6.07 Å². The van der Waals surface area contributed by atoms with E-state index in [9.17, 15) is 14.4 Å². The highest BCUT2D eigenvalue weighted by atomic mass is 35.5. The molecular weight excluding hydrogens is 392 g/mol. The summed E-state index contributed by atoms with van der Waals surface area (Å²) in [6, 6.07) is 13.4. The molecule has 146 valence electrons. The summed E-state index contributed by atoms with van der Waals surface area (Å²) in [5, 5.41) is 14.6. The van der Waals surface area contributed by atoms with Crippen LogP contribution in [0.1, 0.15) is 29.5 Å². The van der Waals surface area contributed by atoms with Gasteiger partial charge in [-0.05, 0) is 48.6 Å². The zero-order valence-electron chi connectivity index (χ0n) is 15.4. The summed E-state index contributed by atoms with van der Waals surface area (Å²) in [7, 11) is 0. The van der Waals surface area contributed by atoms with Crippen LogP contribution in [0.2, 0.25) is 5.02 Å². The van der Waals surface area contributed by atoms with Crippen molar-refractivity contribution in [2.45, 2.75) is 24.8 Å². The SMILES string of the molecule is N#Cc1ccc(NC(=O)CN2C(=O)N[C@@]3(CCCc4ccccc43)C2=O)cc1Cl. The van der Waals surface area contributed by atoms with E-state index in [0.717, 1.165) is 28.9 Å². The molecular formula is C21H17ClN4O3. The van der Waals surface area contributed by atoms with Gasteiger partial charge in [0, 0.05) is 5.69 Å². The Hall–Kier alpha value is -3.37. The molecule has 0 radical (unpaired) electrons. The number of halogens is 1. The maximum Gasteiger partial charge on any atom is 0.325 e. The van der Waals surface area contributed by atoms with Crippen molar-refractivity contribution in [1.29, 1.82) is 5.26 Å². The Bertz CT molecular complexity index is 1080. The molecule has 1 heterocycles. The number of urea groups is 1. The summed E-state index contributed by atoms with van der Waals surface area (Å²) in [5.74, 6) is -0.946. The summed E-state index contributed by atoms with van der Waals surface area (Å²) in [6.45, 7) is -0.411. The van der Waals surface area contributed by atoms with Crippen LogP contribution in [0.3, 0.4) is 0 Å². The van der Waals surface area contributed by atoms with Gasteiger partial charge in [-0.2, -0.15) is 5.26 Å². The van der Waals surface area contributed by atoms with Gasteiger partial charge in [0.05, 0.1) is 10.6 Å². The van der Waals surface area contributed by atoms with Gasteiger partial charge in [-0.1, -0.05) is 35.9 Å². The summed E-state index contributed by atoms with van der Waals surface area (Å²) >= 11 is 5.97. The van der Waals surface area contributed by atoms with Crippen molar-refractivity contribution in [2.75, 3.05) is 11.9 Å². The van der Waals surface area contributed by atoms with Gasteiger partial charge in [-0.15, -0.1) is 0 Å². The molecule has 2 aromatic carbocycles. The largest absolute Gasteiger partial charge is 0.325 e. The van der Waals surface area contributed by atoms with Crippen LogP contribution >= 0.6 is 11.6 Å². The Kier molecular flexibility index (Phi) is 4.73. The van der Waals surface area contributed by atoms with E-state index in [1.165, 1.54) is 18.2 Å². The highest BCUT2D eigenvalue weighted by Crippen LogP contribution is 2.39. The third kappa shape index (κ3) is 3.22. The van der Waals surface area contributed by atoms with Gasteiger partial charge in [0.25, 0.3) is 5.91 Å². The molecule has 29 heavy (non-hydrogen) atoms. The number of rotatable bonds is 3. The van der Waals surface area contributed by atoms with Crippen molar-refractivity contribution < 1.29 is 14.4 Å². The van der Waals surface area contributed by atoms with Crippen LogP contribution in [-0.4, -0.2) is 29.3 Å². The molecule has 0 unspecified atom stereocenters. The van der Waals surface area contributed by atoms with E-state index in [1.807, 2.05) is 30.3 Å². The number of nitrogens with zero attached hydrogens (tertiary/aromatic N) is 2. The fourth-order valence-electron chi connectivity index (χ4n) is 3.98. The second-order valence-electron chi connectivity index (χ2n) is 7.09. The standard InChI is InChI=1S/C21H17ClN4O3/c22-17-10-15(8-7-14(17)11-23)24-18(27)12-26-19(28)21(25-20(26)29)9-3-5-13-4-1-2-6-16(13)21/h1-2,4,6-8,10H,3,5,9,12H2,(H,24,27)(H,25,29)/t21-/m1/s1. The van der Waals surface area contributed by atoms with Gasteiger partial charge in [0.2, 0.25) is 5.91 Å². The highest BCUT2D eigenvalue weighted by Gasteiger charge is 2.54. The minimum atomic E-state index is -1.11. The van der Waals surface area contributed by atoms with Crippen molar-refractivity contribution in [1.82, 2.24) is 10.2 Å². The van der Waals surface area contributed by atoms with Crippen LogP contribution in [0.15, 0.2) is 42.5 Å². The van der Waals surface area contributed by atoms with E-state index in [2.05, 4.69) is 10.6 Å². The topological polar surface area (TPSA) is 102 Å². The van der Waals surface area contributed by atoms with Crippen LogP contribution in [0.4, 0.5) is 10.5 Å². The maximum absolute atomic E-state index is 13.2. The van der Waals surface area contributed by atoms with E-state index in [0.29, 0.717) is 12.1 Å². The molecule has 1 aliphatic carbocycles. The van der Waals surface area contributed by atoms with Crippen LogP contribution in [0.25, 0.3) is 0 Å². The zero-order valence-corrected chi connectivity index (χ0v) is 16.1. The van der Waals surface area contributed by atoms with Gasteiger partial charge in [0.15, 0.2) is 0 Å². The third-order valence-electron chi connectivity index (χ3n) is 5.33. The van der Waals surface area contributed by atoms with E-state index >= 15 is 0 Å². The van der Waals surface area contributed by atoms with Crippen LogP contribution in [0, 0.1) is 11.3 Å². The number of amides is 4. The number of aryl methyl sites for hydroxylation is 1. The molecule has 4 amide bonds. The molecule has 0 bridgehead atoms. The van der Waals surface area contributed by atoms with Crippen LogP contribution < -0.4 is 10.6 Å². The summed E-state index contributed by atoms with van der Waals surface area (Å²) in [4.78, 5) is 39.1. The second-order valence-corrected chi connectivity index (χ2v) is 7.50. The molecule has 8 heteroatoms. The molecule has 1 aliphatic heterocycles. The van der Waals surface area contributed by atoms with Crippen LogP contribution in [-0.2, 0) is 21.5 Å². The van der Waals surface area contributed by atoms with Gasteiger partial charge in [0.1, 0.15) is 18.2 Å². The first-order valence-corrected chi connectivity index (χ1v) is 9.54. The Labute approximate surface area is 172 Å². The molecule has 2 aromatic rings. The first kappa shape index (κ1) is 19.0. The van der Waals surface area contributed by atoms with Crippen molar-refractivity contribution in [3.05, 3.63) is 64.2 Å². The number of carbonyl (C=O) groups excluding carboxylic acids is 3. The lowest BCUT2D eigenvalue weighted by Gasteiger charge is -2.33. The van der Waals surface area contributed by atoms with Crippen molar-refractivity contribution in [3.63, 3.8) is 0 Å². The molecule has 0 aromatic heterocycles. The Morgan fingerprint density at radius 3 is 2.83 bits per heavy atom. The number of nitrogens with one attached hydrogen (secondary N) is 2. The lowest BCUT2D eigenvalue weighted by molar-refractivity contribution is -0.134. The van der Waals surface area contributed by atoms with Gasteiger partial charge >= 0.3 is 6.03 Å². The number of carbonyl (C=O) groups is 3. The number of hydrogen-bond acceptors (Lipinski definition) is 4. The number of anilines is 1.